The van der Waals surface area contributed by atoms with Gasteiger partial charge in [-0.2, -0.15) is 0 Å². The fraction of sp³-hybridized carbons (Fsp3) is 0.700. The minimum absolute atomic E-state index is 0.0407. The second-order valence-corrected chi connectivity index (χ2v) is 7.67. The number of rotatable bonds is 7. The summed E-state index contributed by atoms with van der Waals surface area (Å²) in [6.45, 7) is 9.45. The molecule has 25 heavy (non-hydrogen) atoms. The number of likely N-dealkylation sites (N-methyl/N-ethyl adjacent to an activating group) is 1. The number of nitrogens with zero attached hydrogens (tertiary/aromatic N) is 3. The zero-order valence-corrected chi connectivity index (χ0v) is 15.6. The smallest absolute Gasteiger partial charge is 0.0501 e. The van der Waals surface area contributed by atoms with Gasteiger partial charge in [-0.1, -0.05) is 18.2 Å². The molecule has 2 saturated heterocycles. The van der Waals surface area contributed by atoms with E-state index in [1.165, 1.54) is 5.69 Å². The van der Waals surface area contributed by atoms with Crippen molar-refractivity contribution in [1.29, 1.82) is 0 Å². The van der Waals surface area contributed by atoms with E-state index in [0.717, 1.165) is 71.9 Å². The van der Waals surface area contributed by atoms with Crippen LogP contribution < -0.4 is 4.90 Å². The monoisotopic (exact) mass is 347 g/mol. The summed E-state index contributed by atoms with van der Waals surface area (Å²) in [6, 6.07) is 10.7. The lowest BCUT2D eigenvalue weighted by molar-refractivity contribution is -0.0316. The maximum atomic E-state index is 9.85. The summed E-state index contributed by atoms with van der Waals surface area (Å²) in [6.07, 6.45) is 1.95. The SMILES string of the molecule is CN(CCN1CCN(c2ccccc2)CC1)CC1(CO)CCOCC1. The van der Waals surface area contributed by atoms with Gasteiger partial charge >= 0.3 is 0 Å². The van der Waals surface area contributed by atoms with Gasteiger partial charge in [-0.25, -0.2) is 0 Å². The molecule has 0 saturated carbocycles. The van der Waals surface area contributed by atoms with Gasteiger partial charge in [-0.15, -0.1) is 0 Å². The fourth-order valence-electron chi connectivity index (χ4n) is 4.00. The molecule has 0 bridgehead atoms. The van der Waals surface area contributed by atoms with Gasteiger partial charge in [0, 0.05) is 70.1 Å². The first-order valence-electron chi connectivity index (χ1n) is 9.60. The molecule has 0 aromatic heterocycles. The van der Waals surface area contributed by atoms with E-state index >= 15 is 0 Å². The minimum atomic E-state index is 0.0407. The zero-order valence-electron chi connectivity index (χ0n) is 15.6. The Labute approximate surface area is 152 Å². The number of aliphatic hydroxyl groups is 1. The second kappa shape index (κ2) is 8.99. The first-order valence-corrected chi connectivity index (χ1v) is 9.60. The predicted molar refractivity (Wildman–Crippen MR) is 102 cm³/mol. The van der Waals surface area contributed by atoms with Crippen molar-refractivity contribution in [2.45, 2.75) is 12.8 Å². The van der Waals surface area contributed by atoms with Gasteiger partial charge in [0.1, 0.15) is 0 Å². The Morgan fingerprint density at radius 3 is 2.40 bits per heavy atom. The van der Waals surface area contributed by atoms with E-state index in [1.54, 1.807) is 0 Å². The average Bonchev–Trinajstić information content (AvgIpc) is 2.68. The molecule has 1 aromatic rings. The van der Waals surface area contributed by atoms with Crippen LogP contribution in [0.25, 0.3) is 0 Å². The molecule has 1 N–H and O–H groups in total. The number of anilines is 1. The third-order valence-electron chi connectivity index (χ3n) is 5.79. The lowest BCUT2D eigenvalue weighted by Gasteiger charge is -2.40. The van der Waals surface area contributed by atoms with Crippen molar-refractivity contribution in [3.63, 3.8) is 0 Å². The maximum Gasteiger partial charge on any atom is 0.0501 e. The van der Waals surface area contributed by atoms with Crippen LogP contribution in [0.3, 0.4) is 0 Å². The molecule has 0 amide bonds. The third kappa shape index (κ3) is 5.17. The number of para-hydroxylation sites is 1. The largest absolute Gasteiger partial charge is 0.396 e. The fourth-order valence-corrected chi connectivity index (χ4v) is 4.00. The molecule has 0 radical (unpaired) electrons. The standard InChI is InChI=1S/C20H33N3O2/c1-21(17-20(18-24)7-15-25-16-8-20)9-10-22-11-13-23(14-12-22)19-5-3-2-4-6-19/h2-6,24H,7-18H2,1H3. The van der Waals surface area contributed by atoms with Crippen molar-refractivity contribution in [2.75, 3.05) is 77.6 Å². The quantitative estimate of drug-likeness (QED) is 0.810. The predicted octanol–water partition coefficient (Wildman–Crippen LogP) is 1.53. The topological polar surface area (TPSA) is 39.2 Å². The third-order valence-corrected chi connectivity index (χ3v) is 5.79. The van der Waals surface area contributed by atoms with Crippen LogP contribution >= 0.6 is 0 Å². The van der Waals surface area contributed by atoms with Crippen LogP contribution in [0, 0.1) is 5.41 Å². The van der Waals surface area contributed by atoms with E-state index < -0.39 is 0 Å². The lowest BCUT2D eigenvalue weighted by atomic mass is 9.80. The summed E-state index contributed by atoms with van der Waals surface area (Å²) in [5, 5.41) is 9.85. The van der Waals surface area contributed by atoms with Crippen LogP contribution in [0.5, 0.6) is 0 Å². The van der Waals surface area contributed by atoms with Crippen molar-refractivity contribution in [1.82, 2.24) is 9.80 Å². The van der Waals surface area contributed by atoms with Gasteiger partial charge in [0.2, 0.25) is 0 Å². The van der Waals surface area contributed by atoms with Crippen molar-refractivity contribution in [3.8, 4) is 0 Å². The molecule has 5 heteroatoms. The number of hydrogen-bond donors (Lipinski definition) is 1. The van der Waals surface area contributed by atoms with Crippen molar-refractivity contribution < 1.29 is 9.84 Å². The van der Waals surface area contributed by atoms with Gasteiger partial charge in [0.15, 0.2) is 0 Å². The second-order valence-electron chi connectivity index (χ2n) is 7.67. The summed E-state index contributed by atoms with van der Waals surface area (Å²) in [7, 11) is 2.19. The molecule has 3 rings (SSSR count). The Morgan fingerprint density at radius 2 is 1.76 bits per heavy atom. The number of aliphatic hydroxyl groups excluding tert-OH is 1. The van der Waals surface area contributed by atoms with E-state index in [1.807, 2.05) is 0 Å². The molecule has 2 aliphatic heterocycles. The van der Waals surface area contributed by atoms with Crippen LogP contribution in [-0.4, -0.2) is 87.6 Å². The molecule has 0 unspecified atom stereocenters. The number of hydrogen-bond acceptors (Lipinski definition) is 5. The minimum Gasteiger partial charge on any atom is -0.396 e. The van der Waals surface area contributed by atoms with Gasteiger partial charge in [-0.05, 0) is 32.0 Å². The molecule has 5 nitrogen and oxygen atoms in total. The van der Waals surface area contributed by atoms with E-state index in [9.17, 15) is 5.11 Å². The number of ether oxygens (including phenoxy) is 1. The van der Waals surface area contributed by atoms with Crippen molar-refractivity contribution in [3.05, 3.63) is 30.3 Å². The molecular formula is C20H33N3O2. The molecule has 2 heterocycles. The van der Waals surface area contributed by atoms with E-state index in [4.69, 9.17) is 4.74 Å². The Bertz CT molecular complexity index is 497. The summed E-state index contributed by atoms with van der Waals surface area (Å²) < 4.78 is 5.47. The molecule has 2 aliphatic rings. The van der Waals surface area contributed by atoms with Crippen LogP contribution in [0.2, 0.25) is 0 Å². The Kier molecular flexibility index (Phi) is 6.70. The molecule has 140 valence electrons. The number of piperazine rings is 1. The maximum absolute atomic E-state index is 9.85. The molecule has 1 aromatic carbocycles. The van der Waals surface area contributed by atoms with E-state index in [-0.39, 0.29) is 12.0 Å². The summed E-state index contributed by atoms with van der Waals surface area (Å²) in [4.78, 5) is 7.43. The highest BCUT2D eigenvalue weighted by Gasteiger charge is 2.33. The average molecular weight is 348 g/mol. The Hall–Kier alpha value is -1.14. The van der Waals surface area contributed by atoms with Crippen LogP contribution in [0.15, 0.2) is 30.3 Å². The number of benzene rings is 1. The first-order chi connectivity index (χ1) is 12.2. The molecule has 0 aliphatic carbocycles. The molecular weight excluding hydrogens is 314 g/mol. The Morgan fingerprint density at radius 1 is 1.08 bits per heavy atom. The van der Waals surface area contributed by atoms with E-state index in [2.05, 4.69) is 52.1 Å². The summed E-state index contributed by atoms with van der Waals surface area (Å²) in [5.41, 5.74) is 1.38. The van der Waals surface area contributed by atoms with Crippen molar-refractivity contribution in [2.24, 2.45) is 5.41 Å². The van der Waals surface area contributed by atoms with Gasteiger partial charge in [0.05, 0.1) is 6.61 Å². The molecule has 0 atom stereocenters. The van der Waals surface area contributed by atoms with Crippen LogP contribution in [0.4, 0.5) is 5.69 Å². The lowest BCUT2D eigenvalue weighted by Crippen LogP contribution is -2.49. The van der Waals surface area contributed by atoms with Crippen LogP contribution in [0.1, 0.15) is 12.8 Å². The summed E-state index contributed by atoms with van der Waals surface area (Å²) in [5.74, 6) is 0. The highest BCUT2D eigenvalue weighted by Crippen LogP contribution is 2.30. The molecule has 2 fully saturated rings. The van der Waals surface area contributed by atoms with Crippen molar-refractivity contribution >= 4 is 5.69 Å². The molecule has 0 spiro atoms. The Balaban J connectivity index is 1.39. The van der Waals surface area contributed by atoms with E-state index in [0.29, 0.717) is 0 Å². The first kappa shape index (κ1) is 18.6. The van der Waals surface area contributed by atoms with Crippen LogP contribution in [-0.2, 0) is 4.74 Å². The highest BCUT2D eigenvalue weighted by molar-refractivity contribution is 5.46. The van der Waals surface area contributed by atoms with Gasteiger partial charge in [-0.3, -0.25) is 4.90 Å². The van der Waals surface area contributed by atoms with Gasteiger partial charge < -0.3 is 19.6 Å². The normalized spacial score (nSPS) is 21.6. The zero-order chi connectivity index (χ0) is 17.5. The van der Waals surface area contributed by atoms with Gasteiger partial charge in [0.25, 0.3) is 0 Å². The highest BCUT2D eigenvalue weighted by atomic mass is 16.5. The summed E-state index contributed by atoms with van der Waals surface area (Å²) >= 11 is 0.